The summed E-state index contributed by atoms with van der Waals surface area (Å²) >= 11 is 0. The highest BCUT2D eigenvalue weighted by atomic mass is 16.3. The topological polar surface area (TPSA) is 20.2 Å². The van der Waals surface area contributed by atoms with Gasteiger partial charge in [0.05, 0.1) is 6.61 Å². The summed E-state index contributed by atoms with van der Waals surface area (Å²) in [7, 11) is 0. The third kappa shape index (κ3) is 3.54. The zero-order chi connectivity index (χ0) is 9.40. The summed E-state index contributed by atoms with van der Waals surface area (Å²) < 4.78 is 0. The summed E-state index contributed by atoms with van der Waals surface area (Å²) in [5.74, 6) is 0. The predicted molar refractivity (Wildman–Crippen MR) is 53.1 cm³/mol. The lowest BCUT2D eigenvalue weighted by molar-refractivity contribution is 0.281. The Labute approximate surface area is 75.1 Å². The van der Waals surface area contributed by atoms with E-state index in [4.69, 9.17) is 5.11 Å². The number of hydrogen-bond donors (Lipinski definition) is 1. The quantitative estimate of drug-likeness (QED) is 0.716. The Hall–Kier alpha value is -0.820. The number of hydrogen-bond acceptors (Lipinski definition) is 1. The van der Waals surface area contributed by atoms with Gasteiger partial charge in [-0.25, -0.2) is 0 Å². The van der Waals surface area contributed by atoms with Gasteiger partial charge in [0.1, 0.15) is 0 Å². The van der Waals surface area contributed by atoms with E-state index in [0.717, 1.165) is 12.0 Å². The van der Waals surface area contributed by atoms with Crippen molar-refractivity contribution in [3.63, 3.8) is 0 Å². The summed E-state index contributed by atoms with van der Waals surface area (Å²) in [6, 6.07) is 8.00. The van der Waals surface area contributed by atoms with Gasteiger partial charge in [-0.2, -0.15) is 0 Å². The molecular weight excluding hydrogens is 148 g/mol. The molecule has 1 rings (SSSR count). The van der Waals surface area contributed by atoms with Gasteiger partial charge in [-0.3, -0.25) is 0 Å². The van der Waals surface area contributed by atoms with Gasteiger partial charge in [0.25, 0.3) is 0 Å². The monoisotopic (exact) mass is 166 g/mol. The molecule has 0 aliphatic rings. The van der Waals surface area contributed by atoms with E-state index in [2.05, 4.69) is 13.0 Å². The second-order valence-electron chi connectivity index (χ2n) is 2.33. The number of aliphatic hydroxyl groups excluding tert-OH is 1. The van der Waals surface area contributed by atoms with Crippen molar-refractivity contribution in [3.05, 3.63) is 35.4 Å². The first kappa shape index (κ1) is 11.2. The molecule has 1 aromatic carbocycles. The van der Waals surface area contributed by atoms with Gasteiger partial charge in [-0.15, -0.1) is 0 Å². The average Bonchev–Trinajstić information content (AvgIpc) is 2.21. The lowest BCUT2D eigenvalue weighted by Crippen LogP contribution is -1.85. The van der Waals surface area contributed by atoms with Crippen molar-refractivity contribution in [1.29, 1.82) is 0 Å². The van der Waals surface area contributed by atoms with Crippen molar-refractivity contribution >= 4 is 0 Å². The first-order chi connectivity index (χ1) is 5.86. The Kier molecular flexibility index (Phi) is 6.39. The van der Waals surface area contributed by atoms with Crippen molar-refractivity contribution in [2.75, 3.05) is 0 Å². The fourth-order valence-corrected chi connectivity index (χ4v) is 0.948. The minimum absolute atomic E-state index is 0.147. The van der Waals surface area contributed by atoms with Crippen molar-refractivity contribution < 1.29 is 5.11 Å². The Morgan fingerprint density at radius 1 is 1.17 bits per heavy atom. The average molecular weight is 166 g/mol. The van der Waals surface area contributed by atoms with Gasteiger partial charge in [-0.1, -0.05) is 45.0 Å². The zero-order valence-corrected chi connectivity index (χ0v) is 8.17. The molecular formula is C11H18O. The van der Waals surface area contributed by atoms with Crippen LogP contribution in [0, 0.1) is 0 Å². The molecule has 68 valence electrons. The predicted octanol–water partition coefficient (Wildman–Crippen LogP) is 2.77. The largest absolute Gasteiger partial charge is 0.392 e. The first-order valence-corrected chi connectivity index (χ1v) is 4.55. The molecule has 0 spiro atoms. The molecule has 0 amide bonds. The number of aryl methyl sites for hydroxylation is 1. The van der Waals surface area contributed by atoms with Gasteiger partial charge in [0.2, 0.25) is 0 Å². The van der Waals surface area contributed by atoms with Crippen molar-refractivity contribution in [3.8, 4) is 0 Å². The van der Waals surface area contributed by atoms with Crippen LogP contribution in [-0.2, 0) is 13.0 Å². The molecule has 12 heavy (non-hydrogen) atoms. The van der Waals surface area contributed by atoms with Gasteiger partial charge in [0, 0.05) is 0 Å². The van der Waals surface area contributed by atoms with Crippen LogP contribution in [0.4, 0.5) is 0 Å². The van der Waals surface area contributed by atoms with Gasteiger partial charge in [-0.05, 0) is 17.5 Å². The van der Waals surface area contributed by atoms with Crippen LogP contribution in [0.2, 0.25) is 0 Å². The zero-order valence-electron chi connectivity index (χ0n) is 8.17. The fourth-order valence-electron chi connectivity index (χ4n) is 0.948. The molecule has 1 nitrogen and oxygen atoms in total. The summed E-state index contributed by atoms with van der Waals surface area (Å²) in [6.07, 6.45) is 1.04. The molecule has 1 N–H and O–H groups in total. The summed E-state index contributed by atoms with van der Waals surface area (Å²) in [4.78, 5) is 0. The third-order valence-electron chi connectivity index (χ3n) is 1.58. The van der Waals surface area contributed by atoms with Gasteiger partial charge in [0.15, 0.2) is 0 Å². The van der Waals surface area contributed by atoms with Crippen LogP contribution in [-0.4, -0.2) is 5.11 Å². The van der Waals surface area contributed by atoms with E-state index in [9.17, 15) is 0 Å². The van der Waals surface area contributed by atoms with Gasteiger partial charge >= 0.3 is 0 Å². The molecule has 1 aromatic rings. The van der Waals surface area contributed by atoms with Crippen LogP contribution in [0.1, 0.15) is 31.9 Å². The Bertz CT molecular complexity index is 187. The smallest absolute Gasteiger partial charge is 0.0681 e. The van der Waals surface area contributed by atoms with Crippen LogP contribution >= 0.6 is 0 Å². The minimum atomic E-state index is 0.147. The lowest BCUT2D eigenvalue weighted by atomic mass is 10.1. The Morgan fingerprint density at radius 2 is 1.75 bits per heavy atom. The summed E-state index contributed by atoms with van der Waals surface area (Å²) in [6.45, 7) is 6.25. The Balaban J connectivity index is 0.000000561. The number of benzene rings is 1. The Morgan fingerprint density at radius 3 is 2.25 bits per heavy atom. The van der Waals surface area contributed by atoms with Crippen LogP contribution in [0.3, 0.4) is 0 Å². The minimum Gasteiger partial charge on any atom is -0.392 e. The molecule has 0 saturated heterocycles. The molecule has 0 heterocycles. The van der Waals surface area contributed by atoms with Crippen molar-refractivity contribution in [1.82, 2.24) is 0 Å². The van der Waals surface area contributed by atoms with E-state index in [1.807, 2.05) is 32.0 Å². The molecule has 0 unspecified atom stereocenters. The van der Waals surface area contributed by atoms with Crippen molar-refractivity contribution in [2.45, 2.75) is 33.8 Å². The maximum Gasteiger partial charge on any atom is 0.0681 e. The molecule has 0 radical (unpaired) electrons. The lowest BCUT2D eigenvalue weighted by Gasteiger charge is -1.98. The number of aliphatic hydroxyl groups is 1. The molecule has 0 aliphatic carbocycles. The van der Waals surface area contributed by atoms with Crippen LogP contribution in [0.5, 0.6) is 0 Å². The first-order valence-electron chi connectivity index (χ1n) is 4.55. The van der Waals surface area contributed by atoms with Gasteiger partial charge < -0.3 is 5.11 Å². The SMILES string of the molecule is CC.CCc1cccc(CO)c1. The van der Waals surface area contributed by atoms with E-state index in [-0.39, 0.29) is 6.61 Å². The highest BCUT2D eigenvalue weighted by Crippen LogP contribution is 2.04. The van der Waals surface area contributed by atoms with E-state index < -0.39 is 0 Å². The molecule has 1 heteroatoms. The number of rotatable bonds is 2. The highest BCUT2D eigenvalue weighted by Gasteiger charge is 1.90. The molecule has 0 saturated carbocycles. The maximum absolute atomic E-state index is 8.76. The van der Waals surface area contributed by atoms with E-state index in [1.165, 1.54) is 5.56 Å². The molecule has 0 atom stereocenters. The van der Waals surface area contributed by atoms with E-state index >= 15 is 0 Å². The fraction of sp³-hybridized carbons (Fsp3) is 0.455. The van der Waals surface area contributed by atoms with E-state index in [0.29, 0.717) is 0 Å². The van der Waals surface area contributed by atoms with Crippen molar-refractivity contribution in [2.24, 2.45) is 0 Å². The molecule has 0 aromatic heterocycles. The normalized spacial score (nSPS) is 8.67. The standard InChI is InChI=1S/C9H12O.C2H6/c1-2-8-4-3-5-9(6-8)7-10;1-2/h3-6,10H,2,7H2,1H3;1-2H3. The molecule has 0 fully saturated rings. The third-order valence-corrected chi connectivity index (χ3v) is 1.58. The molecule has 0 bridgehead atoms. The maximum atomic E-state index is 8.76. The van der Waals surface area contributed by atoms with Crippen LogP contribution < -0.4 is 0 Å². The van der Waals surface area contributed by atoms with Crippen LogP contribution in [0.15, 0.2) is 24.3 Å². The van der Waals surface area contributed by atoms with Crippen LogP contribution in [0.25, 0.3) is 0 Å². The summed E-state index contributed by atoms with van der Waals surface area (Å²) in [5, 5.41) is 8.76. The molecule has 0 aliphatic heterocycles. The second kappa shape index (κ2) is 6.86. The van der Waals surface area contributed by atoms with E-state index in [1.54, 1.807) is 0 Å². The highest BCUT2D eigenvalue weighted by molar-refractivity contribution is 5.22. The second-order valence-corrected chi connectivity index (χ2v) is 2.33. The summed E-state index contributed by atoms with van der Waals surface area (Å²) in [5.41, 5.74) is 2.28.